The number of benzene rings is 9. The van der Waals surface area contributed by atoms with Gasteiger partial charge in [-0.25, -0.2) is 14.4 Å². The van der Waals surface area contributed by atoms with Gasteiger partial charge in [0.2, 0.25) is 0 Å². The number of Topliss-reactive ketones (excluding diaryl/α,β-unsaturated/α-hetero) is 1. The number of methoxy groups -OCH3 is 1. The van der Waals surface area contributed by atoms with Gasteiger partial charge in [0.1, 0.15) is 18.2 Å². The minimum atomic E-state index is -3.12. The van der Waals surface area contributed by atoms with E-state index in [0.717, 1.165) is 133 Å². The van der Waals surface area contributed by atoms with E-state index in [2.05, 4.69) is 127 Å². The Morgan fingerprint density at radius 3 is 1.20 bits per heavy atom. The van der Waals surface area contributed by atoms with Crippen LogP contribution in [0.3, 0.4) is 0 Å². The Morgan fingerprint density at radius 2 is 0.832 bits per heavy atom. The number of esters is 4. The Labute approximate surface area is 838 Å². The van der Waals surface area contributed by atoms with Gasteiger partial charge in [-0.15, -0.1) is 0 Å². The summed E-state index contributed by atoms with van der Waals surface area (Å²) in [6.07, 6.45) is 28.0. The standard InChI is InChI=1S/C21H18N2O2.C19H14N2O2.C14H14BrNO2.C14H12BrNO2.C11H8BrNO2.C10H6BrNO.C7H6BNO2.C7H15O4P.Li.H2O/c1-2-25-21(24)10-6-15-3-9-18-13-23-14-20(19(18)11-15)17-7-4-16(12-22)5-8-17;20-10-14-2-5-15(6-3-14)18-12-21-11-16-7-1-13(9-17(16)18)4-8-19(22)23;2*1-2-18-14(17)6-4-10-3-5-11-8-16-9-13(15)12(11)7-10;1-15-11(14)7-2-3-8-5-13-6-10(12)9(8)4-7;11-10-5-12-4-8-2-1-7(6-13)3-9(8)10;1-9-7-4-2-6(3-5-7)8(10)11;1-4-10-12(9,11-5-2)6-7(3)8;;/h3-5,7-9,11,13-14H,2,6,10H2,1H3;1-3,5-7,9,11-12H,4,8H2,(H,22,23);3,5,7-9H,2,4,6H2,1H3;3-9H,2H2,1H3;2-6H,1H3;1-6H;2-5,10-11H;4-6H2,1-3H3;;1H2/q;;;;;;;;+1;/p-1/b;;;6-4+;;;;;;. The first-order chi connectivity index (χ1) is 65.1. The number of pyridine rings is 6. The molecular formula is C103H94BBr4LiN9O18P. The Bertz CT molecular complexity index is 6870. The quantitative estimate of drug-likeness (QED) is 0.00910. The van der Waals surface area contributed by atoms with E-state index < -0.39 is 20.7 Å². The summed E-state index contributed by atoms with van der Waals surface area (Å²) in [7, 11) is -3.21. The molecule has 0 aliphatic carbocycles. The van der Waals surface area contributed by atoms with Crippen molar-refractivity contribution in [3.63, 3.8) is 0 Å². The number of carbonyl (C=O) groups is 7. The second kappa shape index (κ2) is 59.1. The largest absolute Gasteiger partial charge is 1.00 e. The molecule has 27 nitrogen and oxygen atoms in total. The number of nitrogens with zero attached hydrogens (tertiary/aromatic N) is 9. The van der Waals surface area contributed by atoms with E-state index in [9.17, 15) is 38.1 Å². The second-order valence-corrected chi connectivity index (χ2v) is 34.4. The molecule has 137 heavy (non-hydrogen) atoms. The molecule has 0 fully saturated rings. The number of nitriles is 2. The molecule has 6 aromatic heterocycles. The number of carbonyl (C=O) groups excluding carboxylic acids is 6. The number of halogens is 4. The first-order valence-electron chi connectivity index (χ1n) is 42.1. The number of hydrogen-bond acceptors (Lipinski definition) is 25. The average molecular weight is 2110 g/mol. The molecule has 0 bridgehead atoms. The number of aryl methyl sites for hydroxylation is 3. The summed E-state index contributed by atoms with van der Waals surface area (Å²) in [6.45, 7) is 18.7. The maximum Gasteiger partial charge on any atom is 1.00 e. The molecule has 15 rings (SSSR count). The monoisotopic (exact) mass is 2110 g/mol. The zero-order valence-corrected chi connectivity index (χ0v) is 83.3. The zero-order valence-electron chi connectivity index (χ0n) is 76.0. The molecule has 15 aromatic rings. The van der Waals surface area contributed by atoms with E-state index >= 15 is 0 Å². The van der Waals surface area contributed by atoms with Crippen LogP contribution < -0.4 is 24.3 Å². The number of fused-ring (bicyclic) bond motifs is 6. The number of carboxylic acids is 1. The van der Waals surface area contributed by atoms with Crippen LogP contribution in [-0.2, 0) is 75.8 Å². The number of aromatic nitrogens is 6. The number of hydrogen-bond donors (Lipinski definition) is 3. The van der Waals surface area contributed by atoms with Crippen molar-refractivity contribution in [2.75, 3.05) is 46.3 Å². The van der Waals surface area contributed by atoms with Gasteiger partial charge in [0.25, 0.3) is 0 Å². The van der Waals surface area contributed by atoms with Crippen LogP contribution >= 0.6 is 71.3 Å². The van der Waals surface area contributed by atoms with Crippen LogP contribution in [-0.4, -0.2) is 146 Å². The normalized spacial score (nSPS) is 10.3. The first-order valence-corrected chi connectivity index (χ1v) is 47.0. The van der Waals surface area contributed by atoms with Crippen LogP contribution in [0.1, 0.15) is 115 Å². The van der Waals surface area contributed by atoms with Crippen LogP contribution in [0.5, 0.6) is 0 Å². The van der Waals surface area contributed by atoms with Gasteiger partial charge >= 0.3 is 63.4 Å². The third-order valence-electron chi connectivity index (χ3n) is 19.4. The summed E-state index contributed by atoms with van der Waals surface area (Å²) < 4.78 is 44.4. The van der Waals surface area contributed by atoms with Crippen LogP contribution in [0.15, 0.2) is 280 Å². The van der Waals surface area contributed by atoms with Crippen molar-refractivity contribution in [1.82, 2.24) is 29.9 Å². The SMILES string of the molecule is CCOC(=O)/C=C/c1ccc2cncc(Br)c2c1.CCOC(=O)CCc1ccc2cncc(-c3ccc(C#N)cc3)c2c1.CCOC(=O)CCc1ccc2cncc(Br)c2c1.CCOP(=O)(CC(C)=O)OCC.COC(=O)c1ccc2cncc(Br)c2c1.N#Cc1ccc(-c2cncc3ccc(CCC(=O)O)cc23)cc1.O=Cc1ccc2cncc(Br)c2c1.[C-]#[N+]c1ccc(B(O)O)cc1.[Li+].[OH-]. The number of aliphatic carboxylic acids is 1. The molecule has 4 N–H and O–H groups in total. The van der Waals surface area contributed by atoms with E-state index in [1.165, 1.54) is 32.2 Å². The molecule has 0 amide bonds. The molecule has 0 saturated heterocycles. The molecule has 0 aliphatic rings. The van der Waals surface area contributed by atoms with Crippen molar-refractivity contribution in [1.29, 1.82) is 10.5 Å². The third-order valence-corrected chi connectivity index (χ3v) is 24.0. The summed E-state index contributed by atoms with van der Waals surface area (Å²) in [5, 5.41) is 56.5. The average Bonchev–Trinajstić information content (AvgIpc) is 0.812. The molecule has 9 aromatic carbocycles. The second-order valence-electron chi connectivity index (χ2n) is 28.9. The van der Waals surface area contributed by atoms with E-state index in [-0.39, 0.29) is 66.6 Å². The van der Waals surface area contributed by atoms with Gasteiger partial charge in [0, 0.05) is 167 Å². The maximum absolute atomic E-state index is 11.6. The van der Waals surface area contributed by atoms with Crippen molar-refractivity contribution in [2.45, 2.75) is 80.1 Å². The van der Waals surface area contributed by atoms with Gasteiger partial charge in [0.15, 0.2) is 5.69 Å². The van der Waals surface area contributed by atoms with Crippen molar-refractivity contribution in [3.05, 3.63) is 336 Å². The first kappa shape index (κ1) is 113. The van der Waals surface area contributed by atoms with Crippen LogP contribution in [0.2, 0.25) is 0 Å². The molecule has 6 heterocycles. The number of carboxylic acid groups (broad SMARTS) is 1. The molecule has 0 radical (unpaired) electrons. The molecular weight excluding hydrogens is 2020 g/mol. The van der Waals surface area contributed by atoms with Crippen LogP contribution in [0.25, 0.3) is 97.8 Å². The van der Waals surface area contributed by atoms with Crippen LogP contribution in [0, 0.1) is 29.2 Å². The van der Waals surface area contributed by atoms with Gasteiger partial charge in [-0.1, -0.05) is 127 Å². The summed E-state index contributed by atoms with van der Waals surface area (Å²) in [5.41, 5.74) is 11.5. The molecule has 0 atom stereocenters. The molecule has 0 unspecified atom stereocenters. The fourth-order valence-corrected chi connectivity index (χ4v) is 16.3. The maximum atomic E-state index is 11.6. The minimum absolute atomic E-state index is 0. The van der Waals surface area contributed by atoms with Crippen molar-refractivity contribution >= 4 is 202 Å². The molecule has 34 heteroatoms. The predicted octanol–water partition coefficient (Wildman–Crippen LogP) is 19.3. The Kier molecular flexibility index (Phi) is 48.6. The predicted molar refractivity (Wildman–Crippen MR) is 541 cm³/mol. The topological polar surface area (TPSA) is 412 Å². The number of aldehydes is 1. The fourth-order valence-electron chi connectivity index (χ4n) is 12.9. The van der Waals surface area contributed by atoms with E-state index in [4.69, 9.17) is 55.5 Å². The fraction of sp³-hybridized carbons (Fsp3) is 0.184. The number of ether oxygens (including phenoxy) is 4. The van der Waals surface area contributed by atoms with Crippen LogP contribution in [0.4, 0.5) is 5.69 Å². The van der Waals surface area contributed by atoms with Crippen molar-refractivity contribution in [3.8, 4) is 34.4 Å². The van der Waals surface area contributed by atoms with Gasteiger partial charge in [-0.05, 0) is 256 Å². The van der Waals surface area contributed by atoms with Crippen molar-refractivity contribution in [2.24, 2.45) is 0 Å². The summed E-state index contributed by atoms with van der Waals surface area (Å²) >= 11 is 13.7. The van der Waals surface area contributed by atoms with Gasteiger partial charge in [-0.3, -0.25) is 58.4 Å². The van der Waals surface area contributed by atoms with Gasteiger partial charge in [-0.2, -0.15) is 10.5 Å². The Hall–Kier alpha value is -13.0. The molecule has 0 saturated carbocycles. The van der Waals surface area contributed by atoms with Gasteiger partial charge < -0.3 is 48.6 Å². The van der Waals surface area contributed by atoms with E-state index in [0.29, 0.717) is 98.5 Å². The minimum Gasteiger partial charge on any atom is -0.870 e. The van der Waals surface area contributed by atoms with E-state index in [1.54, 1.807) is 137 Å². The Balaban J connectivity index is 0.000000243. The van der Waals surface area contributed by atoms with E-state index in [1.807, 2.05) is 136 Å². The summed E-state index contributed by atoms with van der Waals surface area (Å²) in [5.74, 6) is -1.96. The number of ketones is 1. The molecule has 0 aliphatic heterocycles. The number of rotatable bonds is 25. The third kappa shape index (κ3) is 36.2. The zero-order chi connectivity index (χ0) is 97.8. The molecule has 0 spiro atoms. The molecule has 696 valence electrons. The van der Waals surface area contributed by atoms with Crippen molar-refractivity contribution < 1.29 is 106 Å². The smallest absolute Gasteiger partial charge is 0.870 e. The summed E-state index contributed by atoms with van der Waals surface area (Å²) in [6, 6.07) is 60.1. The summed E-state index contributed by atoms with van der Waals surface area (Å²) in [4.78, 5) is 105. The Morgan fingerprint density at radius 1 is 0.467 bits per heavy atom. The van der Waals surface area contributed by atoms with Gasteiger partial charge in [0.05, 0.1) is 75.5 Å².